The average molecular weight is 367 g/mol. The van der Waals surface area contributed by atoms with E-state index < -0.39 is 0 Å². The topological polar surface area (TPSA) is 125 Å². The molecule has 1 aromatic heterocycles. The Labute approximate surface area is 155 Å². The van der Waals surface area contributed by atoms with Crippen LogP contribution in [0.1, 0.15) is 18.1 Å². The van der Waals surface area contributed by atoms with Crippen molar-refractivity contribution in [2.75, 3.05) is 30.5 Å². The smallest absolute Gasteiger partial charge is 0.221 e. The van der Waals surface area contributed by atoms with Crippen molar-refractivity contribution in [2.24, 2.45) is 0 Å². The van der Waals surface area contributed by atoms with Gasteiger partial charge in [0, 0.05) is 31.0 Å². The van der Waals surface area contributed by atoms with Gasteiger partial charge in [-0.3, -0.25) is 4.79 Å². The fraction of sp³-hybridized carbons (Fsp3) is 0.222. The highest BCUT2D eigenvalue weighted by molar-refractivity contribution is 7.99. The van der Waals surface area contributed by atoms with Crippen LogP contribution in [0.15, 0.2) is 29.3 Å². The van der Waals surface area contributed by atoms with Crippen molar-refractivity contribution in [3.8, 4) is 23.3 Å². The summed E-state index contributed by atoms with van der Waals surface area (Å²) in [6, 6.07) is 11.0. The number of nitrogen functional groups attached to an aromatic ring is 1. The number of methoxy groups -OCH3 is 1. The van der Waals surface area contributed by atoms with E-state index in [0.29, 0.717) is 39.8 Å². The Morgan fingerprint density at radius 3 is 2.46 bits per heavy atom. The zero-order chi connectivity index (χ0) is 19.1. The van der Waals surface area contributed by atoms with Crippen LogP contribution in [0, 0.1) is 22.7 Å². The molecule has 0 spiro atoms. The minimum Gasteiger partial charge on any atom is -0.384 e. The molecule has 132 valence electrons. The van der Waals surface area contributed by atoms with Crippen molar-refractivity contribution in [1.82, 2.24) is 4.98 Å². The van der Waals surface area contributed by atoms with Crippen molar-refractivity contribution in [3.05, 3.63) is 35.4 Å². The number of aromatic nitrogens is 1. The van der Waals surface area contributed by atoms with Crippen LogP contribution < -0.4 is 11.1 Å². The molecular formula is C18H17N5O2S. The van der Waals surface area contributed by atoms with Crippen LogP contribution in [-0.4, -0.2) is 30.4 Å². The van der Waals surface area contributed by atoms with Crippen LogP contribution in [0.5, 0.6) is 0 Å². The van der Waals surface area contributed by atoms with E-state index in [4.69, 9.17) is 10.5 Å². The predicted molar refractivity (Wildman–Crippen MR) is 100 cm³/mol. The number of benzene rings is 1. The Morgan fingerprint density at radius 1 is 1.27 bits per heavy atom. The number of hydrogen-bond acceptors (Lipinski definition) is 7. The van der Waals surface area contributed by atoms with Gasteiger partial charge in [0.15, 0.2) is 0 Å². The van der Waals surface area contributed by atoms with Gasteiger partial charge in [-0.1, -0.05) is 12.1 Å². The van der Waals surface area contributed by atoms with Crippen molar-refractivity contribution >= 4 is 29.2 Å². The molecule has 0 aliphatic heterocycles. The van der Waals surface area contributed by atoms with E-state index in [2.05, 4.69) is 16.4 Å². The monoisotopic (exact) mass is 367 g/mol. The highest BCUT2D eigenvalue weighted by Gasteiger charge is 2.20. The van der Waals surface area contributed by atoms with Gasteiger partial charge in [0.05, 0.1) is 12.2 Å². The van der Waals surface area contributed by atoms with Gasteiger partial charge in [0.1, 0.15) is 28.5 Å². The molecule has 7 nitrogen and oxygen atoms in total. The SMILES string of the molecule is COCCSc1nc(N)c(C#N)c(-c2ccc(NC(C)=O)cc2)c1C#N. The second-order valence-corrected chi connectivity index (χ2v) is 6.33. The average Bonchev–Trinajstić information content (AvgIpc) is 2.61. The van der Waals surface area contributed by atoms with Crippen LogP contribution in [0.4, 0.5) is 11.5 Å². The summed E-state index contributed by atoms with van der Waals surface area (Å²) in [6.45, 7) is 1.92. The van der Waals surface area contributed by atoms with Gasteiger partial charge < -0.3 is 15.8 Å². The number of nitrogens with zero attached hydrogens (tertiary/aromatic N) is 3. The summed E-state index contributed by atoms with van der Waals surface area (Å²) < 4.78 is 5.02. The van der Waals surface area contributed by atoms with E-state index in [1.807, 2.05) is 6.07 Å². The number of nitrogens with one attached hydrogen (secondary N) is 1. The quantitative estimate of drug-likeness (QED) is 0.594. The number of pyridine rings is 1. The van der Waals surface area contributed by atoms with Crippen LogP contribution in [0.3, 0.4) is 0 Å². The molecule has 1 heterocycles. The number of hydrogen-bond donors (Lipinski definition) is 2. The first-order valence-electron chi connectivity index (χ1n) is 7.65. The number of anilines is 2. The molecule has 0 fully saturated rings. The summed E-state index contributed by atoms with van der Waals surface area (Å²) in [5.41, 5.74) is 8.11. The lowest BCUT2D eigenvalue weighted by molar-refractivity contribution is -0.114. The molecule has 8 heteroatoms. The second kappa shape index (κ2) is 8.86. The Bertz CT molecular complexity index is 898. The third-order valence-corrected chi connectivity index (χ3v) is 4.38. The highest BCUT2D eigenvalue weighted by atomic mass is 32.2. The summed E-state index contributed by atoms with van der Waals surface area (Å²) in [5, 5.41) is 22.3. The number of nitrogens with two attached hydrogens (primary N) is 1. The van der Waals surface area contributed by atoms with Crippen LogP contribution >= 0.6 is 11.8 Å². The standard InChI is InChI=1S/C18H17N5O2S/c1-11(24)22-13-5-3-12(4-6-13)16-14(9-19)17(21)23-18(15(16)10-20)26-8-7-25-2/h3-6H,7-8H2,1-2H3,(H2,21,23)(H,22,24). The molecule has 0 aliphatic rings. The molecule has 0 bridgehead atoms. The van der Waals surface area contributed by atoms with E-state index in [1.165, 1.54) is 18.7 Å². The molecule has 0 saturated heterocycles. The van der Waals surface area contributed by atoms with Crippen molar-refractivity contribution in [1.29, 1.82) is 10.5 Å². The fourth-order valence-corrected chi connectivity index (χ4v) is 3.23. The van der Waals surface area contributed by atoms with Gasteiger partial charge in [0.2, 0.25) is 5.91 Å². The van der Waals surface area contributed by atoms with Crippen LogP contribution in [0.25, 0.3) is 11.1 Å². The number of nitriles is 2. The minimum atomic E-state index is -0.182. The van der Waals surface area contributed by atoms with Gasteiger partial charge in [-0.15, -0.1) is 11.8 Å². The van der Waals surface area contributed by atoms with E-state index >= 15 is 0 Å². The first-order valence-corrected chi connectivity index (χ1v) is 8.63. The van der Waals surface area contributed by atoms with Gasteiger partial charge in [-0.05, 0) is 17.7 Å². The Morgan fingerprint density at radius 2 is 1.92 bits per heavy atom. The summed E-state index contributed by atoms with van der Waals surface area (Å²) in [7, 11) is 1.59. The van der Waals surface area contributed by atoms with Crippen molar-refractivity contribution in [3.63, 3.8) is 0 Å². The molecule has 1 amide bonds. The molecule has 1 aromatic carbocycles. The normalized spacial score (nSPS) is 10.0. The third kappa shape index (κ3) is 4.31. The maximum atomic E-state index is 11.1. The number of thioether (sulfide) groups is 1. The van der Waals surface area contributed by atoms with E-state index in [-0.39, 0.29) is 17.3 Å². The first kappa shape index (κ1) is 19.3. The molecule has 0 aliphatic carbocycles. The van der Waals surface area contributed by atoms with Crippen molar-refractivity contribution in [2.45, 2.75) is 11.9 Å². The minimum absolute atomic E-state index is 0.0763. The van der Waals surface area contributed by atoms with Gasteiger partial charge in [0.25, 0.3) is 0 Å². The number of carbonyl (C=O) groups is 1. The zero-order valence-corrected chi connectivity index (χ0v) is 15.2. The molecule has 26 heavy (non-hydrogen) atoms. The molecule has 3 N–H and O–H groups in total. The number of ether oxygens (including phenoxy) is 1. The molecule has 0 saturated carbocycles. The molecule has 0 radical (unpaired) electrons. The zero-order valence-electron chi connectivity index (χ0n) is 14.4. The molecule has 2 aromatic rings. The molecule has 0 unspecified atom stereocenters. The van der Waals surface area contributed by atoms with Crippen LogP contribution in [-0.2, 0) is 9.53 Å². The summed E-state index contributed by atoms with van der Waals surface area (Å²) in [5.74, 6) is 0.496. The Hall–Kier alpha value is -3.07. The number of carbonyl (C=O) groups excluding carboxylic acids is 1. The largest absolute Gasteiger partial charge is 0.384 e. The summed E-state index contributed by atoms with van der Waals surface area (Å²) in [4.78, 5) is 15.4. The lowest BCUT2D eigenvalue weighted by atomic mass is 9.96. The van der Waals surface area contributed by atoms with Crippen molar-refractivity contribution < 1.29 is 9.53 Å². The maximum Gasteiger partial charge on any atom is 0.221 e. The lowest BCUT2D eigenvalue weighted by Gasteiger charge is -2.13. The van der Waals surface area contributed by atoms with Gasteiger partial charge in [-0.2, -0.15) is 10.5 Å². The molecule has 2 rings (SSSR count). The Kier molecular flexibility index (Phi) is 6.56. The fourth-order valence-electron chi connectivity index (χ4n) is 2.34. The van der Waals surface area contributed by atoms with E-state index in [1.54, 1.807) is 31.4 Å². The predicted octanol–water partition coefficient (Wildman–Crippen LogP) is 2.77. The van der Waals surface area contributed by atoms with E-state index in [9.17, 15) is 15.3 Å². The highest BCUT2D eigenvalue weighted by Crippen LogP contribution is 2.35. The maximum absolute atomic E-state index is 11.1. The van der Waals surface area contributed by atoms with Crippen LogP contribution in [0.2, 0.25) is 0 Å². The van der Waals surface area contributed by atoms with Gasteiger partial charge >= 0.3 is 0 Å². The third-order valence-electron chi connectivity index (χ3n) is 3.44. The second-order valence-electron chi connectivity index (χ2n) is 5.25. The first-order chi connectivity index (χ1) is 12.5. The van der Waals surface area contributed by atoms with Gasteiger partial charge in [-0.25, -0.2) is 4.98 Å². The molecule has 0 atom stereocenters. The number of amides is 1. The van der Waals surface area contributed by atoms with E-state index in [0.717, 1.165) is 0 Å². The summed E-state index contributed by atoms with van der Waals surface area (Å²) in [6.07, 6.45) is 0. The molecular weight excluding hydrogens is 350 g/mol. The lowest BCUT2D eigenvalue weighted by Crippen LogP contribution is -2.06. The number of rotatable bonds is 6. The Balaban J connectivity index is 2.56. The summed E-state index contributed by atoms with van der Waals surface area (Å²) >= 11 is 1.34.